The molecular formula is C14H18N2O3. The van der Waals surface area contributed by atoms with Crippen LogP contribution in [0.1, 0.15) is 17.2 Å². The number of methoxy groups -OCH3 is 1. The van der Waals surface area contributed by atoms with Crippen molar-refractivity contribution >= 4 is 17.6 Å². The highest BCUT2D eigenvalue weighted by Crippen LogP contribution is 2.31. The van der Waals surface area contributed by atoms with Crippen LogP contribution in [0.5, 0.6) is 0 Å². The number of fused-ring (bicyclic) bond motifs is 1. The van der Waals surface area contributed by atoms with E-state index in [9.17, 15) is 9.59 Å². The van der Waals surface area contributed by atoms with E-state index in [-0.39, 0.29) is 11.9 Å². The molecule has 0 saturated heterocycles. The van der Waals surface area contributed by atoms with Crippen LogP contribution in [-0.4, -0.2) is 45.0 Å². The van der Waals surface area contributed by atoms with E-state index in [1.807, 2.05) is 32.3 Å². The predicted octanol–water partition coefficient (Wildman–Crippen LogP) is 0.981. The van der Waals surface area contributed by atoms with Crippen molar-refractivity contribution in [2.45, 2.75) is 12.5 Å². The fraction of sp³-hybridized carbons (Fsp3) is 0.429. The van der Waals surface area contributed by atoms with Gasteiger partial charge >= 0.3 is 5.97 Å². The lowest BCUT2D eigenvalue weighted by Crippen LogP contribution is -2.28. The third kappa shape index (κ3) is 2.33. The van der Waals surface area contributed by atoms with Crippen molar-refractivity contribution in [2.24, 2.45) is 0 Å². The molecular weight excluding hydrogens is 244 g/mol. The number of hydrogen-bond acceptors (Lipinski definition) is 4. The van der Waals surface area contributed by atoms with E-state index in [2.05, 4.69) is 0 Å². The lowest BCUT2D eigenvalue weighted by atomic mass is 10.0. The molecule has 1 aliphatic rings. The molecule has 1 aliphatic heterocycles. The minimum Gasteiger partial charge on any atom is -0.468 e. The Kier molecular flexibility index (Phi) is 3.57. The SMILES string of the molecule is COC(=O)C(c1ccc2c(c1)CC(=O)N2C)N(C)C. The van der Waals surface area contributed by atoms with Gasteiger partial charge < -0.3 is 9.64 Å². The Labute approximate surface area is 112 Å². The molecule has 1 atom stereocenters. The van der Waals surface area contributed by atoms with Crippen LogP contribution >= 0.6 is 0 Å². The van der Waals surface area contributed by atoms with Crippen LogP contribution in [-0.2, 0) is 20.7 Å². The highest BCUT2D eigenvalue weighted by molar-refractivity contribution is 6.01. The maximum absolute atomic E-state index is 11.8. The van der Waals surface area contributed by atoms with Gasteiger partial charge in [0.2, 0.25) is 5.91 Å². The van der Waals surface area contributed by atoms with Gasteiger partial charge in [0.15, 0.2) is 0 Å². The van der Waals surface area contributed by atoms with E-state index in [1.165, 1.54) is 7.11 Å². The van der Waals surface area contributed by atoms with Crippen LogP contribution in [0.2, 0.25) is 0 Å². The van der Waals surface area contributed by atoms with Crippen LogP contribution < -0.4 is 4.90 Å². The van der Waals surface area contributed by atoms with Crippen molar-refractivity contribution < 1.29 is 14.3 Å². The van der Waals surface area contributed by atoms with Crippen LogP contribution in [0.3, 0.4) is 0 Å². The molecule has 1 heterocycles. The number of esters is 1. The quantitative estimate of drug-likeness (QED) is 0.762. The molecule has 0 radical (unpaired) electrons. The average molecular weight is 262 g/mol. The minimum atomic E-state index is -0.448. The van der Waals surface area contributed by atoms with Gasteiger partial charge in [-0.2, -0.15) is 0 Å². The van der Waals surface area contributed by atoms with E-state index in [1.54, 1.807) is 16.8 Å². The largest absolute Gasteiger partial charge is 0.468 e. The summed E-state index contributed by atoms with van der Waals surface area (Å²) in [4.78, 5) is 26.9. The molecule has 0 aromatic heterocycles. The first kappa shape index (κ1) is 13.5. The third-order valence-corrected chi connectivity index (χ3v) is 3.44. The molecule has 1 aromatic carbocycles. The number of amides is 1. The molecule has 0 saturated carbocycles. The average Bonchev–Trinajstić information content (AvgIpc) is 2.64. The number of hydrogen-bond donors (Lipinski definition) is 0. The molecule has 0 bridgehead atoms. The Morgan fingerprint density at radius 3 is 2.68 bits per heavy atom. The van der Waals surface area contributed by atoms with Crippen molar-refractivity contribution in [3.05, 3.63) is 29.3 Å². The Hall–Kier alpha value is -1.88. The van der Waals surface area contributed by atoms with E-state index in [0.717, 1.165) is 16.8 Å². The van der Waals surface area contributed by atoms with Gasteiger partial charge in [-0.05, 0) is 31.3 Å². The number of benzene rings is 1. The molecule has 5 nitrogen and oxygen atoms in total. The van der Waals surface area contributed by atoms with Gasteiger partial charge in [-0.3, -0.25) is 9.69 Å². The van der Waals surface area contributed by atoms with Crippen LogP contribution in [0.4, 0.5) is 5.69 Å². The second-order valence-corrected chi connectivity index (χ2v) is 4.91. The molecule has 1 unspecified atom stereocenters. The molecule has 1 amide bonds. The standard InChI is InChI=1S/C14H18N2O3/c1-15(2)13(14(18)19-4)9-5-6-11-10(7-9)8-12(17)16(11)3/h5-7,13H,8H2,1-4H3. The number of ether oxygens (including phenoxy) is 1. The molecule has 5 heteroatoms. The summed E-state index contributed by atoms with van der Waals surface area (Å²) in [5.41, 5.74) is 2.72. The Morgan fingerprint density at radius 1 is 1.42 bits per heavy atom. The van der Waals surface area contributed by atoms with Gasteiger partial charge in [0.05, 0.1) is 13.5 Å². The normalized spacial score (nSPS) is 15.6. The van der Waals surface area contributed by atoms with E-state index < -0.39 is 6.04 Å². The number of likely N-dealkylation sites (N-methyl/N-ethyl adjacent to an activating group) is 2. The van der Waals surface area contributed by atoms with Gasteiger partial charge in [0, 0.05) is 12.7 Å². The van der Waals surface area contributed by atoms with E-state index in [0.29, 0.717) is 6.42 Å². The Bertz CT molecular complexity index is 525. The van der Waals surface area contributed by atoms with Gasteiger partial charge in [-0.15, -0.1) is 0 Å². The van der Waals surface area contributed by atoms with Crippen molar-refractivity contribution in [1.29, 1.82) is 0 Å². The summed E-state index contributed by atoms with van der Waals surface area (Å²) in [6, 6.07) is 5.22. The second kappa shape index (κ2) is 5.01. The van der Waals surface area contributed by atoms with Crippen molar-refractivity contribution in [3.63, 3.8) is 0 Å². The number of carbonyl (C=O) groups is 2. The van der Waals surface area contributed by atoms with Gasteiger partial charge in [0.25, 0.3) is 0 Å². The molecule has 19 heavy (non-hydrogen) atoms. The van der Waals surface area contributed by atoms with Crippen LogP contribution in [0.15, 0.2) is 18.2 Å². The molecule has 0 N–H and O–H groups in total. The number of nitrogens with zero attached hydrogens (tertiary/aromatic N) is 2. The van der Waals surface area contributed by atoms with Gasteiger partial charge in [-0.1, -0.05) is 12.1 Å². The maximum Gasteiger partial charge on any atom is 0.327 e. The van der Waals surface area contributed by atoms with Gasteiger partial charge in [0.1, 0.15) is 6.04 Å². The summed E-state index contributed by atoms with van der Waals surface area (Å²) >= 11 is 0. The fourth-order valence-corrected chi connectivity index (χ4v) is 2.42. The zero-order valence-electron chi connectivity index (χ0n) is 11.6. The zero-order valence-corrected chi connectivity index (χ0v) is 11.6. The summed E-state index contributed by atoms with van der Waals surface area (Å²) in [7, 11) is 6.79. The smallest absolute Gasteiger partial charge is 0.327 e. The van der Waals surface area contributed by atoms with Crippen LogP contribution in [0, 0.1) is 0 Å². The third-order valence-electron chi connectivity index (χ3n) is 3.44. The zero-order chi connectivity index (χ0) is 14.2. The highest BCUT2D eigenvalue weighted by Gasteiger charge is 2.28. The first-order valence-electron chi connectivity index (χ1n) is 6.09. The molecule has 2 rings (SSSR count). The van der Waals surface area contributed by atoms with Crippen molar-refractivity contribution in [1.82, 2.24) is 4.90 Å². The number of carbonyl (C=O) groups excluding carboxylic acids is 2. The minimum absolute atomic E-state index is 0.0756. The second-order valence-electron chi connectivity index (χ2n) is 4.91. The van der Waals surface area contributed by atoms with Crippen molar-refractivity contribution in [2.75, 3.05) is 33.2 Å². The lowest BCUT2D eigenvalue weighted by Gasteiger charge is -2.22. The first-order valence-corrected chi connectivity index (χ1v) is 6.09. The highest BCUT2D eigenvalue weighted by atomic mass is 16.5. The predicted molar refractivity (Wildman–Crippen MR) is 72.0 cm³/mol. The first-order chi connectivity index (χ1) is 8.95. The molecule has 0 spiro atoms. The summed E-state index contributed by atoms with van der Waals surface area (Å²) in [5, 5.41) is 0. The fourth-order valence-electron chi connectivity index (χ4n) is 2.42. The summed E-state index contributed by atoms with van der Waals surface area (Å²) in [6.07, 6.45) is 0.390. The summed E-state index contributed by atoms with van der Waals surface area (Å²) < 4.78 is 4.83. The lowest BCUT2D eigenvalue weighted by molar-refractivity contribution is -0.146. The summed E-state index contributed by atoms with van der Waals surface area (Å²) in [5.74, 6) is -0.228. The molecule has 102 valence electrons. The van der Waals surface area contributed by atoms with Crippen molar-refractivity contribution in [3.8, 4) is 0 Å². The van der Waals surface area contributed by atoms with E-state index >= 15 is 0 Å². The van der Waals surface area contributed by atoms with Gasteiger partial charge in [-0.25, -0.2) is 4.79 Å². The Balaban J connectivity index is 2.39. The summed E-state index contributed by atoms with van der Waals surface area (Å²) in [6.45, 7) is 0. The number of anilines is 1. The molecule has 0 aliphatic carbocycles. The molecule has 0 fully saturated rings. The maximum atomic E-state index is 11.8. The number of rotatable bonds is 3. The Morgan fingerprint density at radius 2 is 2.11 bits per heavy atom. The van der Waals surface area contributed by atoms with Crippen LogP contribution in [0.25, 0.3) is 0 Å². The van der Waals surface area contributed by atoms with E-state index in [4.69, 9.17) is 4.74 Å². The monoisotopic (exact) mass is 262 g/mol. The topological polar surface area (TPSA) is 49.9 Å². The molecule has 1 aromatic rings.